The number of nitrogens with zero attached hydrogens (tertiary/aromatic N) is 2. The van der Waals surface area contributed by atoms with E-state index in [9.17, 15) is 4.79 Å². The van der Waals surface area contributed by atoms with Crippen molar-refractivity contribution in [3.05, 3.63) is 15.9 Å². The molecular weight excluding hydrogens is 296 g/mol. The molecule has 1 aromatic heterocycles. The molecule has 0 spiro atoms. The van der Waals surface area contributed by atoms with E-state index < -0.39 is 0 Å². The molecule has 1 saturated heterocycles. The molecule has 0 saturated carbocycles. The Balaban J connectivity index is 2.23. The maximum absolute atomic E-state index is 12.5. The molecule has 5 nitrogen and oxygen atoms in total. The van der Waals surface area contributed by atoms with Crippen LogP contribution < -0.4 is 5.32 Å². The van der Waals surface area contributed by atoms with E-state index in [1.54, 1.807) is 0 Å². The van der Waals surface area contributed by atoms with Gasteiger partial charge in [-0.25, -0.2) is 0 Å². The Morgan fingerprint density at radius 1 is 1.56 bits per heavy atom. The number of H-pyrrole nitrogens is 1. The van der Waals surface area contributed by atoms with E-state index in [-0.39, 0.29) is 11.9 Å². The van der Waals surface area contributed by atoms with Crippen molar-refractivity contribution in [2.45, 2.75) is 32.7 Å². The van der Waals surface area contributed by atoms with Gasteiger partial charge in [0.25, 0.3) is 5.91 Å². The SMILES string of the molecule is CC(C)c1[nH]nc(C(=O)N2CCNC[C@@H]2C)c1Br. The first-order valence-corrected chi connectivity index (χ1v) is 7.07. The summed E-state index contributed by atoms with van der Waals surface area (Å²) in [4.78, 5) is 14.3. The second kappa shape index (κ2) is 5.40. The largest absolute Gasteiger partial charge is 0.332 e. The zero-order chi connectivity index (χ0) is 13.3. The number of nitrogens with one attached hydrogen (secondary N) is 2. The number of aromatic amines is 1. The van der Waals surface area contributed by atoms with Crippen LogP contribution in [0.3, 0.4) is 0 Å². The lowest BCUT2D eigenvalue weighted by Crippen LogP contribution is -2.52. The Morgan fingerprint density at radius 2 is 2.28 bits per heavy atom. The molecule has 0 radical (unpaired) electrons. The summed E-state index contributed by atoms with van der Waals surface area (Å²) in [5.41, 5.74) is 1.47. The van der Waals surface area contributed by atoms with Crippen LogP contribution in [0.15, 0.2) is 4.47 Å². The zero-order valence-electron chi connectivity index (χ0n) is 11.0. The van der Waals surface area contributed by atoms with Gasteiger partial charge in [-0.1, -0.05) is 13.8 Å². The third-order valence-corrected chi connectivity index (χ3v) is 4.08. The molecule has 2 rings (SSSR count). The van der Waals surface area contributed by atoms with Crippen LogP contribution in [0.1, 0.15) is 42.9 Å². The van der Waals surface area contributed by atoms with Gasteiger partial charge in [0.2, 0.25) is 0 Å². The van der Waals surface area contributed by atoms with Crippen LogP contribution >= 0.6 is 15.9 Å². The molecule has 0 aromatic carbocycles. The minimum Gasteiger partial charge on any atom is -0.332 e. The highest BCUT2D eigenvalue weighted by Gasteiger charge is 2.28. The summed E-state index contributed by atoms with van der Waals surface area (Å²) in [5, 5.41) is 10.4. The number of halogens is 1. The molecule has 1 fully saturated rings. The number of piperazine rings is 1. The Morgan fingerprint density at radius 3 is 2.83 bits per heavy atom. The van der Waals surface area contributed by atoms with E-state index in [0.717, 1.165) is 29.8 Å². The van der Waals surface area contributed by atoms with E-state index in [2.05, 4.69) is 45.3 Å². The molecule has 1 aliphatic rings. The molecule has 2 N–H and O–H groups in total. The summed E-state index contributed by atoms with van der Waals surface area (Å²) in [5.74, 6) is 0.313. The number of hydrogen-bond acceptors (Lipinski definition) is 3. The summed E-state index contributed by atoms with van der Waals surface area (Å²) in [7, 11) is 0. The van der Waals surface area contributed by atoms with Crippen LogP contribution in [0.4, 0.5) is 0 Å². The van der Waals surface area contributed by atoms with E-state index in [1.165, 1.54) is 0 Å². The molecule has 100 valence electrons. The minimum atomic E-state index is -0.000903. The van der Waals surface area contributed by atoms with Crippen molar-refractivity contribution in [2.24, 2.45) is 0 Å². The maximum Gasteiger partial charge on any atom is 0.275 e. The van der Waals surface area contributed by atoms with E-state index in [1.807, 2.05) is 11.8 Å². The molecule has 1 amide bonds. The summed E-state index contributed by atoms with van der Waals surface area (Å²) in [6, 6.07) is 0.206. The number of carbonyl (C=O) groups is 1. The van der Waals surface area contributed by atoms with Gasteiger partial charge in [-0.05, 0) is 28.8 Å². The van der Waals surface area contributed by atoms with Crippen molar-refractivity contribution < 1.29 is 4.79 Å². The van der Waals surface area contributed by atoms with Gasteiger partial charge in [0.05, 0.1) is 10.2 Å². The average molecular weight is 315 g/mol. The van der Waals surface area contributed by atoms with Crippen molar-refractivity contribution in [1.82, 2.24) is 20.4 Å². The van der Waals surface area contributed by atoms with Gasteiger partial charge in [0.1, 0.15) is 0 Å². The fourth-order valence-electron chi connectivity index (χ4n) is 2.14. The standard InChI is InChI=1S/C12H19BrN4O/c1-7(2)10-9(13)11(16-15-10)12(18)17-5-4-14-6-8(17)3/h7-8,14H,4-6H2,1-3H3,(H,15,16)/t8-/m0/s1. The Kier molecular flexibility index (Phi) is 4.07. The number of rotatable bonds is 2. The number of hydrogen-bond donors (Lipinski definition) is 2. The third kappa shape index (κ3) is 2.44. The molecular formula is C12H19BrN4O. The van der Waals surface area contributed by atoms with Crippen LogP contribution in [0.25, 0.3) is 0 Å². The average Bonchev–Trinajstić information content (AvgIpc) is 2.71. The summed E-state index contributed by atoms with van der Waals surface area (Å²) in [6.07, 6.45) is 0. The van der Waals surface area contributed by atoms with Gasteiger partial charge >= 0.3 is 0 Å². The van der Waals surface area contributed by atoms with Gasteiger partial charge < -0.3 is 10.2 Å². The Labute approximate surface area is 115 Å². The topological polar surface area (TPSA) is 61.0 Å². The molecule has 18 heavy (non-hydrogen) atoms. The van der Waals surface area contributed by atoms with Crippen LogP contribution in [0.5, 0.6) is 0 Å². The third-order valence-electron chi connectivity index (χ3n) is 3.27. The Hall–Kier alpha value is -0.880. The first-order valence-electron chi connectivity index (χ1n) is 6.27. The van der Waals surface area contributed by atoms with Gasteiger partial charge in [0, 0.05) is 25.7 Å². The highest BCUT2D eigenvalue weighted by molar-refractivity contribution is 9.10. The van der Waals surface area contributed by atoms with Crippen LogP contribution in [-0.4, -0.2) is 46.7 Å². The fourth-order valence-corrected chi connectivity index (χ4v) is 2.95. The monoisotopic (exact) mass is 314 g/mol. The highest BCUT2D eigenvalue weighted by atomic mass is 79.9. The first kappa shape index (κ1) is 13.5. The summed E-state index contributed by atoms with van der Waals surface area (Å²) < 4.78 is 0.799. The zero-order valence-corrected chi connectivity index (χ0v) is 12.5. The number of aromatic nitrogens is 2. The summed E-state index contributed by atoms with van der Waals surface area (Å²) >= 11 is 3.48. The van der Waals surface area contributed by atoms with E-state index in [4.69, 9.17) is 0 Å². The van der Waals surface area contributed by atoms with Crippen molar-refractivity contribution in [3.8, 4) is 0 Å². The lowest BCUT2D eigenvalue weighted by molar-refractivity contribution is 0.0648. The van der Waals surface area contributed by atoms with Gasteiger partial charge in [-0.3, -0.25) is 9.89 Å². The van der Waals surface area contributed by atoms with Gasteiger partial charge in [-0.2, -0.15) is 5.10 Å². The van der Waals surface area contributed by atoms with Crippen molar-refractivity contribution in [2.75, 3.05) is 19.6 Å². The van der Waals surface area contributed by atoms with Crippen LogP contribution in [-0.2, 0) is 0 Å². The highest BCUT2D eigenvalue weighted by Crippen LogP contribution is 2.26. The normalized spacial score (nSPS) is 20.5. The number of carbonyl (C=O) groups excluding carboxylic acids is 1. The van der Waals surface area contributed by atoms with E-state index >= 15 is 0 Å². The lowest BCUT2D eigenvalue weighted by Gasteiger charge is -2.33. The smallest absolute Gasteiger partial charge is 0.275 e. The molecule has 1 atom stereocenters. The molecule has 6 heteroatoms. The molecule has 0 aliphatic carbocycles. The molecule has 1 aromatic rings. The lowest BCUT2D eigenvalue weighted by atomic mass is 10.1. The van der Waals surface area contributed by atoms with Gasteiger partial charge in [-0.15, -0.1) is 0 Å². The van der Waals surface area contributed by atoms with E-state index in [0.29, 0.717) is 11.6 Å². The second-order valence-electron chi connectivity index (χ2n) is 5.01. The molecule has 0 bridgehead atoms. The predicted molar refractivity (Wildman–Crippen MR) is 73.7 cm³/mol. The molecule has 0 unspecified atom stereocenters. The van der Waals surface area contributed by atoms with Crippen molar-refractivity contribution in [1.29, 1.82) is 0 Å². The minimum absolute atomic E-state index is 0.000903. The second-order valence-corrected chi connectivity index (χ2v) is 5.80. The van der Waals surface area contributed by atoms with Gasteiger partial charge in [0.15, 0.2) is 5.69 Å². The predicted octanol–water partition coefficient (Wildman–Crippen LogP) is 1.73. The molecule has 1 aliphatic heterocycles. The number of amides is 1. The summed E-state index contributed by atoms with van der Waals surface area (Å²) in [6.45, 7) is 8.60. The van der Waals surface area contributed by atoms with Crippen LogP contribution in [0, 0.1) is 0 Å². The Bertz CT molecular complexity index is 443. The quantitative estimate of drug-likeness (QED) is 0.874. The maximum atomic E-state index is 12.5. The van der Waals surface area contributed by atoms with Crippen molar-refractivity contribution in [3.63, 3.8) is 0 Å². The first-order chi connectivity index (χ1) is 8.52. The fraction of sp³-hybridized carbons (Fsp3) is 0.667. The van der Waals surface area contributed by atoms with Crippen molar-refractivity contribution >= 4 is 21.8 Å². The van der Waals surface area contributed by atoms with Crippen LogP contribution in [0.2, 0.25) is 0 Å². The molecule has 2 heterocycles.